The lowest BCUT2D eigenvalue weighted by molar-refractivity contribution is -0.141. The van der Waals surface area contributed by atoms with E-state index in [-0.39, 0.29) is 5.52 Å². The van der Waals surface area contributed by atoms with Gasteiger partial charge in [0.25, 0.3) is 0 Å². The Bertz CT molecular complexity index is 1160. The fraction of sp³-hybridized carbons (Fsp3) is 0.111. The first-order chi connectivity index (χ1) is 12.4. The van der Waals surface area contributed by atoms with Gasteiger partial charge >= 0.3 is 6.18 Å². The third kappa shape index (κ3) is 2.50. The number of halogens is 3. The number of carbonyl (C=O) groups excluding carboxylic acids is 1. The summed E-state index contributed by atoms with van der Waals surface area (Å²) in [6, 6.07) is 9.84. The first-order valence-electron chi connectivity index (χ1n) is 7.63. The van der Waals surface area contributed by atoms with Crippen molar-refractivity contribution in [3.63, 3.8) is 0 Å². The molecule has 0 saturated carbocycles. The van der Waals surface area contributed by atoms with Gasteiger partial charge in [-0.25, -0.2) is 15.0 Å². The largest absolute Gasteiger partial charge is 0.433 e. The van der Waals surface area contributed by atoms with E-state index in [1.54, 1.807) is 23.7 Å². The van der Waals surface area contributed by atoms with Gasteiger partial charge in [0.05, 0.1) is 22.7 Å². The first kappa shape index (κ1) is 16.2. The predicted molar refractivity (Wildman–Crippen MR) is 89.6 cm³/mol. The van der Waals surface area contributed by atoms with E-state index >= 15 is 0 Å². The van der Waals surface area contributed by atoms with Gasteiger partial charge in [0.15, 0.2) is 12.1 Å². The Morgan fingerprint density at radius 1 is 1.08 bits per heavy atom. The standard InChI is InChI=1S/C18H11F3N4O/c1-25-14-8-22-15(18(19,20)21)7-13(14)24-17(25)16-11(9-26)6-10-4-2-3-5-12(10)23-16/h2-9H,1H3. The van der Waals surface area contributed by atoms with Gasteiger partial charge in [-0.2, -0.15) is 13.2 Å². The summed E-state index contributed by atoms with van der Waals surface area (Å²) in [5.74, 6) is 0.300. The van der Waals surface area contributed by atoms with Gasteiger partial charge in [-0.15, -0.1) is 0 Å². The number of imidazole rings is 1. The molecule has 1 aromatic carbocycles. The second-order valence-corrected chi connectivity index (χ2v) is 5.79. The summed E-state index contributed by atoms with van der Waals surface area (Å²) in [4.78, 5) is 23.7. The molecule has 0 bridgehead atoms. The number of nitrogens with zero attached hydrogens (tertiary/aromatic N) is 4. The summed E-state index contributed by atoms with van der Waals surface area (Å²) in [6.45, 7) is 0. The van der Waals surface area contributed by atoms with Crippen LogP contribution in [0.4, 0.5) is 13.2 Å². The van der Waals surface area contributed by atoms with Crippen molar-refractivity contribution in [2.24, 2.45) is 7.05 Å². The Labute approximate surface area is 145 Å². The third-order valence-electron chi connectivity index (χ3n) is 4.15. The molecule has 0 amide bonds. The van der Waals surface area contributed by atoms with Gasteiger partial charge < -0.3 is 4.57 Å². The van der Waals surface area contributed by atoms with E-state index in [9.17, 15) is 18.0 Å². The van der Waals surface area contributed by atoms with E-state index in [0.29, 0.717) is 34.4 Å². The number of rotatable bonds is 2. The first-order valence-corrected chi connectivity index (χ1v) is 7.63. The van der Waals surface area contributed by atoms with Crippen LogP contribution in [0.3, 0.4) is 0 Å². The molecule has 0 aliphatic rings. The maximum atomic E-state index is 12.9. The maximum Gasteiger partial charge on any atom is 0.433 e. The van der Waals surface area contributed by atoms with E-state index in [4.69, 9.17) is 0 Å². The quantitative estimate of drug-likeness (QED) is 0.509. The van der Waals surface area contributed by atoms with Crippen molar-refractivity contribution in [2.75, 3.05) is 0 Å². The number of aryl methyl sites for hydroxylation is 1. The van der Waals surface area contributed by atoms with E-state index in [2.05, 4.69) is 15.0 Å². The highest BCUT2D eigenvalue weighted by atomic mass is 19.4. The van der Waals surface area contributed by atoms with E-state index < -0.39 is 11.9 Å². The lowest BCUT2D eigenvalue weighted by atomic mass is 10.1. The number of hydrogen-bond acceptors (Lipinski definition) is 4. The zero-order valence-corrected chi connectivity index (χ0v) is 13.4. The van der Waals surface area contributed by atoms with Gasteiger partial charge in [-0.1, -0.05) is 18.2 Å². The molecule has 0 aliphatic carbocycles. The van der Waals surface area contributed by atoms with Crippen LogP contribution >= 0.6 is 0 Å². The molecule has 8 heteroatoms. The molecule has 4 aromatic rings. The zero-order chi connectivity index (χ0) is 18.5. The van der Waals surface area contributed by atoms with Crippen molar-refractivity contribution in [1.82, 2.24) is 19.5 Å². The highest BCUT2D eigenvalue weighted by molar-refractivity contribution is 5.93. The lowest BCUT2D eigenvalue weighted by Crippen LogP contribution is -2.07. The molecule has 0 aliphatic heterocycles. The summed E-state index contributed by atoms with van der Waals surface area (Å²) in [6.07, 6.45) is -2.77. The third-order valence-corrected chi connectivity index (χ3v) is 4.15. The molecule has 3 aromatic heterocycles. The molecule has 0 radical (unpaired) electrons. The molecule has 130 valence electrons. The van der Waals surface area contributed by atoms with Crippen LogP contribution in [0.15, 0.2) is 42.6 Å². The number of alkyl halides is 3. The zero-order valence-electron chi connectivity index (χ0n) is 13.4. The second-order valence-electron chi connectivity index (χ2n) is 5.79. The van der Waals surface area contributed by atoms with Gasteiger partial charge in [0.1, 0.15) is 11.4 Å². The van der Waals surface area contributed by atoms with Gasteiger partial charge in [0.2, 0.25) is 0 Å². The second kappa shape index (κ2) is 5.62. The van der Waals surface area contributed by atoms with Crippen LogP contribution < -0.4 is 0 Å². The molecule has 0 N–H and O–H groups in total. The van der Waals surface area contributed by atoms with Gasteiger partial charge in [-0.05, 0) is 18.2 Å². The Balaban J connectivity index is 1.98. The average molecular weight is 356 g/mol. The molecule has 0 fully saturated rings. The number of aromatic nitrogens is 4. The molecule has 5 nitrogen and oxygen atoms in total. The summed E-state index contributed by atoms with van der Waals surface area (Å²) in [5, 5.41) is 0.790. The topological polar surface area (TPSA) is 60.7 Å². The Kier molecular flexibility index (Phi) is 3.50. The minimum Gasteiger partial charge on any atom is -0.325 e. The SMILES string of the molecule is Cn1c(-c2nc3ccccc3cc2C=O)nc2cc(C(F)(F)F)ncc21. The van der Waals surface area contributed by atoms with Crippen LogP contribution in [-0.2, 0) is 13.2 Å². The van der Waals surface area contributed by atoms with Crippen LogP contribution in [0.1, 0.15) is 16.1 Å². The molecule has 0 unspecified atom stereocenters. The van der Waals surface area contributed by atoms with Crippen molar-refractivity contribution in [2.45, 2.75) is 6.18 Å². The monoisotopic (exact) mass is 356 g/mol. The number of hydrogen-bond donors (Lipinski definition) is 0. The fourth-order valence-electron chi connectivity index (χ4n) is 2.86. The van der Waals surface area contributed by atoms with Crippen LogP contribution in [0.2, 0.25) is 0 Å². The van der Waals surface area contributed by atoms with Crippen molar-refractivity contribution < 1.29 is 18.0 Å². The van der Waals surface area contributed by atoms with E-state index in [0.717, 1.165) is 17.6 Å². The van der Waals surface area contributed by atoms with E-state index in [1.807, 2.05) is 18.2 Å². The predicted octanol–water partition coefficient (Wildman–Crippen LogP) is 4.01. The number of para-hydroxylation sites is 1. The average Bonchev–Trinajstić information content (AvgIpc) is 2.96. The van der Waals surface area contributed by atoms with Gasteiger partial charge in [-0.3, -0.25) is 4.79 Å². The Morgan fingerprint density at radius 3 is 2.58 bits per heavy atom. The van der Waals surface area contributed by atoms with E-state index in [1.165, 1.54) is 0 Å². The summed E-state index contributed by atoms with van der Waals surface area (Å²) < 4.78 is 40.2. The van der Waals surface area contributed by atoms with Crippen molar-refractivity contribution in [1.29, 1.82) is 0 Å². The number of carbonyl (C=O) groups is 1. The van der Waals surface area contributed by atoms with Crippen molar-refractivity contribution >= 4 is 28.2 Å². The number of benzene rings is 1. The van der Waals surface area contributed by atoms with Crippen LogP contribution in [0.25, 0.3) is 33.5 Å². The Morgan fingerprint density at radius 2 is 1.85 bits per heavy atom. The van der Waals surface area contributed by atoms with Crippen LogP contribution in [0.5, 0.6) is 0 Å². The molecule has 26 heavy (non-hydrogen) atoms. The summed E-state index contributed by atoms with van der Waals surface area (Å²) in [7, 11) is 1.64. The Hall–Kier alpha value is -3.29. The van der Waals surface area contributed by atoms with Crippen molar-refractivity contribution in [3.8, 4) is 11.5 Å². The van der Waals surface area contributed by atoms with Crippen LogP contribution in [0, 0.1) is 0 Å². The molecule has 0 spiro atoms. The minimum atomic E-state index is -4.55. The van der Waals surface area contributed by atoms with Crippen LogP contribution in [-0.4, -0.2) is 25.8 Å². The highest BCUT2D eigenvalue weighted by Gasteiger charge is 2.33. The fourth-order valence-corrected chi connectivity index (χ4v) is 2.86. The normalized spacial score (nSPS) is 12.0. The lowest BCUT2D eigenvalue weighted by Gasteiger charge is -2.07. The summed E-state index contributed by atoms with van der Waals surface area (Å²) in [5.41, 5.74) is 0.819. The maximum absolute atomic E-state index is 12.9. The number of fused-ring (bicyclic) bond motifs is 2. The number of aldehydes is 1. The number of pyridine rings is 2. The van der Waals surface area contributed by atoms with Gasteiger partial charge in [0, 0.05) is 18.0 Å². The molecule has 3 heterocycles. The molecule has 0 saturated heterocycles. The molecule has 0 atom stereocenters. The van der Waals surface area contributed by atoms with Crippen molar-refractivity contribution in [3.05, 3.63) is 53.9 Å². The summed E-state index contributed by atoms with van der Waals surface area (Å²) >= 11 is 0. The minimum absolute atomic E-state index is 0.136. The molecule has 4 rings (SSSR count). The highest BCUT2D eigenvalue weighted by Crippen LogP contribution is 2.31. The molecular formula is C18H11F3N4O. The molecular weight excluding hydrogens is 345 g/mol. The smallest absolute Gasteiger partial charge is 0.325 e.